The number of benzene rings is 1. The lowest BCUT2D eigenvalue weighted by atomic mass is 10.3. The van der Waals surface area contributed by atoms with Crippen molar-refractivity contribution in [3.63, 3.8) is 0 Å². The summed E-state index contributed by atoms with van der Waals surface area (Å²) in [5.74, 6) is 0.576. The molecule has 0 unspecified atom stereocenters. The van der Waals surface area contributed by atoms with E-state index in [0.29, 0.717) is 21.6 Å². The SMILES string of the molecule is Nc1cc(Br)cnc1Nc1ccc(Cl)c(Cl)c1. The lowest BCUT2D eigenvalue weighted by Gasteiger charge is -2.09. The van der Waals surface area contributed by atoms with E-state index in [1.807, 2.05) is 0 Å². The Hall–Kier alpha value is -0.970. The number of hydrogen-bond donors (Lipinski definition) is 2. The first kappa shape index (κ1) is 12.5. The molecule has 3 N–H and O–H groups in total. The summed E-state index contributed by atoms with van der Waals surface area (Å²) in [4.78, 5) is 4.17. The summed E-state index contributed by atoms with van der Waals surface area (Å²) in [7, 11) is 0. The maximum Gasteiger partial charge on any atom is 0.153 e. The van der Waals surface area contributed by atoms with Gasteiger partial charge in [-0.2, -0.15) is 0 Å². The fraction of sp³-hybridized carbons (Fsp3) is 0. The molecule has 1 aromatic heterocycles. The topological polar surface area (TPSA) is 50.9 Å². The number of nitrogen functional groups attached to an aromatic ring is 1. The van der Waals surface area contributed by atoms with Gasteiger partial charge in [0.1, 0.15) is 0 Å². The lowest BCUT2D eigenvalue weighted by molar-refractivity contribution is 1.30. The van der Waals surface area contributed by atoms with Crippen LogP contribution in [0.1, 0.15) is 0 Å². The molecule has 0 spiro atoms. The number of hydrogen-bond acceptors (Lipinski definition) is 3. The summed E-state index contributed by atoms with van der Waals surface area (Å²) in [5.41, 5.74) is 7.15. The van der Waals surface area contributed by atoms with Gasteiger partial charge in [0, 0.05) is 16.4 Å². The molecule has 1 aromatic carbocycles. The van der Waals surface area contributed by atoms with E-state index in [9.17, 15) is 0 Å². The second-order valence-electron chi connectivity index (χ2n) is 3.35. The molecule has 1 heterocycles. The molecular formula is C11H8BrCl2N3. The van der Waals surface area contributed by atoms with Crippen LogP contribution in [0, 0.1) is 0 Å². The number of halogens is 3. The van der Waals surface area contributed by atoms with Gasteiger partial charge in [0.2, 0.25) is 0 Å². The fourth-order valence-corrected chi connectivity index (χ4v) is 1.92. The highest BCUT2D eigenvalue weighted by molar-refractivity contribution is 9.10. The molecule has 3 nitrogen and oxygen atoms in total. The van der Waals surface area contributed by atoms with Crippen LogP contribution in [0.3, 0.4) is 0 Å². The van der Waals surface area contributed by atoms with Crippen LogP contribution < -0.4 is 11.1 Å². The molecule has 6 heteroatoms. The zero-order chi connectivity index (χ0) is 12.4. The molecule has 17 heavy (non-hydrogen) atoms. The summed E-state index contributed by atoms with van der Waals surface area (Å²) in [6.45, 7) is 0. The molecule has 2 rings (SSSR count). The van der Waals surface area contributed by atoms with Crippen LogP contribution in [0.5, 0.6) is 0 Å². The van der Waals surface area contributed by atoms with E-state index < -0.39 is 0 Å². The Bertz CT molecular complexity index is 560. The highest BCUT2D eigenvalue weighted by atomic mass is 79.9. The van der Waals surface area contributed by atoms with Crippen LogP contribution in [-0.4, -0.2) is 4.98 Å². The van der Waals surface area contributed by atoms with E-state index in [1.54, 1.807) is 30.5 Å². The van der Waals surface area contributed by atoms with Gasteiger partial charge in [-0.25, -0.2) is 4.98 Å². The summed E-state index contributed by atoms with van der Waals surface area (Å²) in [6.07, 6.45) is 1.66. The molecule has 0 aliphatic rings. The van der Waals surface area contributed by atoms with Crippen molar-refractivity contribution in [2.45, 2.75) is 0 Å². The second kappa shape index (κ2) is 5.12. The Labute approximate surface area is 117 Å². The molecule has 0 aliphatic carbocycles. The van der Waals surface area contributed by atoms with Gasteiger partial charge >= 0.3 is 0 Å². The zero-order valence-corrected chi connectivity index (χ0v) is 11.6. The van der Waals surface area contributed by atoms with E-state index in [1.165, 1.54) is 0 Å². The van der Waals surface area contributed by atoms with Crippen molar-refractivity contribution in [1.82, 2.24) is 4.98 Å². The number of nitrogens with zero attached hydrogens (tertiary/aromatic N) is 1. The van der Waals surface area contributed by atoms with Gasteiger partial charge in [-0.15, -0.1) is 0 Å². The molecule has 0 amide bonds. The smallest absolute Gasteiger partial charge is 0.153 e. The normalized spacial score (nSPS) is 10.3. The lowest BCUT2D eigenvalue weighted by Crippen LogP contribution is -1.98. The first-order valence-corrected chi connectivity index (χ1v) is 6.24. The minimum absolute atomic E-state index is 0.479. The van der Waals surface area contributed by atoms with Gasteiger partial charge in [0.15, 0.2) is 5.82 Å². The summed E-state index contributed by atoms with van der Waals surface area (Å²) < 4.78 is 0.828. The first-order chi connectivity index (χ1) is 8.06. The van der Waals surface area contributed by atoms with Gasteiger partial charge in [-0.3, -0.25) is 0 Å². The Morgan fingerprint density at radius 2 is 1.94 bits per heavy atom. The third-order valence-corrected chi connectivity index (χ3v) is 3.24. The van der Waals surface area contributed by atoms with Crippen molar-refractivity contribution in [2.75, 3.05) is 11.1 Å². The Morgan fingerprint density at radius 3 is 2.59 bits per heavy atom. The average molecular weight is 333 g/mol. The standard InChI is InChI=1S/C11H8BrCl2N3/c12-6-3-10(15)11(16-5-6)17-7-1-2-8(13)9(14)4-7/h1-5H,15H2,(H,16,17). The van der Waals surface area contributed by atoms with Crippen LogP contribution in [0.15, 0.2) is 34.9 Å². The molecule has 88 valence electrons. The highest BCUT2D eigenvalue weighted by Gasteiger charge is 2.04. The quantitative estimate of drug-likeness (QED) is 0.852. The molecular weight excluding hydrogens is 325 g/mol. The molecule has 2 aromatic rings. The van der Waals surface area contributed by atoms with Crippen molar-refractivity contribution in [3.05, 3.63) is 45.0 Å². The van der Waals surface area contributed by atoms with Crippen LogP contribution in [0.4, 0.5) is 17.2 Å². The second-order valence-corrected chi connectivity index (χ2v) is 5.08. The first-order valence-electron chi connectivity index (χ1n) is 4.69. The maximum absolute atomic E-state index is 5.91. The highest BCUT2D eigenvalue weighted by Crippen LogP contribution is 2.28. The van der Waals surface area contributed by atoms with E-state index in [2.05, 4.69) is 26.2 Å². The van der Waals surface area contributed by atoms with Gasteiger partial charge in [-0.1, -0.05) is 23.2 Å². The van der Waals surface area contributed by atoms with E-state index in [0.717, 1.165) is 10.2 Å². The van der Waals surface area contributed by atoms with Crippen LogP contribution >= 0.6 is 39.1 Å². The van der Waals surface area contributed by atoms with Crippen LogP contribution in [0.25, 0.3) is 0 Å². The monoisotopic (exact) mass is 331 g/mol. The maximum atomic E-state index is 5.91. The van der Waals surface area contributed by atoms with Crippen LogP contribution in [-0.2, 0) is 0 Å². The van der Waals surface area contributed by atoms with E-state index >= 15 is 0 Å². The molecule has 0 saturated heterocycles. The van der Waals surface area contributed by atoms with Gasteiger partial charge in [0.25, 0.3) is 0 Å². The largest absolute Gasteiger partial charge is 0.396 e. The molecule has 0 atom stereocenters. The molecule has 0 bridgehead atoms. The minimum Gasteiger partial charge on any atom is -0.396 e. The van der Waals surface area contributed by atoms with E-state index in [4.69, 9.17) is 28.9 Å². The number of pyridine rings is 1. The fourth-order valence-electron chi connectivity index (χ4n) is 1.27. The van der Waals surface area contributed by atoms with Crippen molar-refractivity contribution in [2.24, 2.45) is 0 Å². The Balaban J connectivity index is 2.28. The molecule has 0 fully saturated rings. The average Bonchev–Trinajstić information content (AvgIpc) is 2.27. The van der Waals surface area contributed by atoms with E-state index in [-0.39, 0.29) is 0 Å². The predicted molar refractivity (Wildman–Crippen MR) is 76.1 cm³/mol. The van der Waals surface area contributed by atoms with Crippen molar-refractivity contribution < 1.29 is 0 Å². The summed E-state index contributed by atoms with van der Waals surface area (Å²) in [5, 5.41) is 4.05. The van der Waals surface area contributed by atoms with Crippen molar-refractivity contribution >= 4 is 56.3 Å². The van der Waals surface area contributed by atoms with Gasteiger partial charge in [0.05, 0.1) is 15.7 Å². The summed E-state index contributed by atoms with van der Waals surface area (Å²) in [6, 6.07) is 7.00. The third kappa shape index (κ3) is 3.03. The number of anilines is 3. The van der Waals surface area contributed by atoms with Gasteiger partial charge in [-0.05, 0) is 40.2 Å². The number of aromatic nitrogens is 1. The molecule has 0 radical (unpaired) electrons. The number of rotatable bonds is 2. The van der Waals surface area contributed by atoms with Crippen molar-refractivity contribution in [1.29, 1.82) is 0 Å². The Morgan fingerprint density at radius 1 is 1.18 bits per heavy atom. The molecule has 0 saturated carbocycles. The zero-order valence-electron chi connectivity index (χ0n) is 8.55. The predicted octanol–water partition coefficient (Wildman–Crippen LogP) is 4.48. The number of nitrogens with one attached hydrogen (secondary N) is 1. The minimum atomic E-state index is 0.479. The summed E-state index contributed by atoms with van der Waals surface area (Å²) >= 11 is 15.0. The molecule has 0 aliphatic heterocycles. The Kier molecular flexibility index (Phi) is 3.76. The number of nitrogens with two attached hydrogens (primary N) is 1. The van der Waals surface area contributed by atoms with Gasteiger partial charge < -0.3 is 11.1 Å². The van der Waals surface area contributed by atoms with Crippen molar-refractivity contribution in [3.8, 4) is 0 Å². The van der Waals surface area contributed by atoms with Crippen LogP contribution in [0.2, 0.25) is 10.0 Å². The third-order valence-electron chi connectivity index (χ3n) is 2.07.